The Labute approximate surface area is 167 Å². The van der Waals surface area contributed by atoms with E-state index in [1.54, 1.807) is 0 Å². The molecule has 1 amide bonds. The third kappa shape index (κ3) is 5.14. The van der Waals surface area contributed by atoms with E-state index in [9.17, 15) is 4.79 Å². The molecular formula is C19H22ClN5OS. The van der Waals surface area contributed by atoms with Crippen LogP contribution in [0, 0.1) is 0 Å². The number of nitrogens with zero attached hydrogens (tertiary/aromatic N) is 4. The number of hydrogen-bond acceptors (Lipinski definition) is 4. The quantitative estimate of drug-likeness (QED) is 0.586. The molecule has 0 bridgehead atoms. The first-order valence-electron chi connectivity index (χ1n) is 8.73. The van der Waals surface area contributed by atoms with Gasteiger partial charge in [0.15, 0.2) is 5.16 Å². The zero-order valence-electron chi connectivity index (χ0n) is 15.4. The van der Waals surface area contributed by atoms with E-state index < -0.39 is 0 Å². The van der Waals surface area contributed by atoms with Crippen LogP contribution in [0.4, 0.5) is 0 Å². The van der Waals surface area contributed by atoms with Gasteiger partial charge in [0.25, 0.3) is 0 Å². The Kier molecular flexibility index (Phi) is 6.58. The lowest BCUT2D eigenvalue weighted by Gasteiger charge is -2.08. The van der Waals surface area contributed by atoms with Gasteiger partial charge in [-0.2, -0.15) is 0 Å². The molecule has 3 aromatic rings. The molecule has 0 saturated heterocycles. The largest absolute Gasteiger partial charge is 0.354 e. The van der Waals surface area contributed by atoms with Gasteiger partial charge in [-0.3, -0.25) is 4.79 Å². The Morgan fingerprint density at radius 2 is 2.00 bits per heavy atom. The first-order valence-corrected chi connectivity index (χ1v) is 10.1. The molecule has 8 heteroatoms. The highest BCUT2D eigenvalue weighted by molar-refractivity contribution is 7.99. The minimum absolute atomic E-state index is 0.0374. The van der Waals surface area contributed by atoms with Crippen LogP contribution in [0.25, 0.3) is 0 Å². The van der Waals surface area contributed by atoms with E-state index in [0.29, 0.717) is 23.7 Å². The van der Waals surface area contributed by atoms with Gasteiger partial charge in [0.2, 0.25) is 5.91 Å². The summed E-state index contributed by atoms with van der Waals surface area (Å²) in [7, 11) is 2.02. The summed E-state index contributed by atoms with van der Waals surface area (Å²) in [6.45, 7) is 3.31. The summed E-state index contributed by atoms with van der Waals surface area (Å²) in [5.41, 5.74) is 2.19. The SMILES string of the molecule is CCn1c(Cc2cccn2C)nnc1SCC(=O)NCc1ccc(Cl)cc1. The van der Waals surface area contributed by atoms with Crippen molar-refractivity contribution in [1.82, 2.24) is 24.6 Å². The molecule has 6 nitrogen and oxygen atoms in total. The van der Waals surface area contributed by atoms with Crippen LogP contribution in [0.2, 0.25) is 5.02 Å². The van der Waals surface area contributed by atoms with Gasteiger partial charge in [0.1, 0.15) is 5.82 Å². The monoisotopic (exact) mass is 403 g/mol. The summed E-state index contributed by atoms with van der Waals surface area (Å²) in [5.74, 6) is 1.17. The molecule has 142 valence electrons. The zero-order chi connectivity index (χ0) is 19.2. The highest BCUT2D eigenvalue weighted by atomic mass is 35.5. The predicted octanol–water partition coefficient (Wildman–Crippen LogP) is 3.29. The fourth-order valence-corrected chi connectivity index (χ4v) is 3.68. The van der Waals surface area contributed by atoms with E-state index in [0.717, 1.165) is 23.1 Å². The van der Waals surface area contributed by atoms with Crippen LogP contribution in [0.3, 0.4) is 0 Å². The van der Waals surface area contributed by atoms with Gasteiger partial charge in [-0.25, -0.2) is 0 Å². The van der Waals surface area contributed by atoms with Crippen LogP contribution in [0.15, 0.2) is 47.8 Å². The smallest absolute Gasteiger partial charge is 0.230 e. The van der Waals surface area contributed by atoms with E-state index in [-0.39, 0.29) is 5.91 Å². The Morgan fingerprint density at radius 1 is 1.22 bits per heavy atom. The molecule has 2 aromatic heterocycles. The molecule has 2 heterocycles. The van der Waals surface area contributed by atoms with E-state index in [1.807, 2.05) is 43.6 Å². The Bertz CT molecular complexity index is 903. The number of aryl methyl sites for hydroxylation is 1. The molecule has 1 N–H and O–H groups in total. The molecule has 0 aliphatic rings. The second-order valence-corrected chi connectivity index (χ2v) is 7.50. The minimum atomic E-state index is -0.0374. The summed E-state index contributed by atoms with van der Waals surface area (Å²) in [5, 5.41) is 13.0. The second kappa shape index (κ2) is 9.10. The number of halogens is 1. The normalized spacial score (nSPS) is 10.9. The summed E-state index contributed by atoms with van der Waals surface area (Å²) >= 11 is 7.27. The fraction of sp³-hybridized carbons (Fsp3) is 0.316. The van der Waals surface area contributed by atoms with Crippen molar-refractivity contribution in [2.24, 2.45) is 7.05 Å². The Balaban J connectivity index is 1.55. The number of benzene rings is 1. The maximum atomic E-state index is 12.1. The first kappa shape index (κ1) is 19.5. The lowest BCUT2D eigenvalue weighted by Crippen LogP contribution is -2.24. The van der Waals surface area contributed by atoms with Crippen molar-refractivity contribution in [3.05, 3.63) is 64.7 Å². The van der Waals surface area contributed by atoms with Gasteiger partial charge < -0.3 is 14.5 Å². The number of carbonyl (C=O) groups is 1. The van der Waals surface area contributed by atoms with Gasteiger partial charge >= 0.3 is 0 Å². The summed E-state index contributed by atoms with van der Waals surface area (Å²) in [6, 6.07) is 11.5. The van der Waals surface area contributed by atoms with Crippen LogP contribution in [0.1, 0.15) is 24.0 Å². The summed E-state index contributed by atoms with van der Waals surface area (Å²) < 4.78 is 4.13. The van der Waals surface area contributed by atoms with E-state index in [2.05, 4.69) is 37.6 Å². The van der Waals surface area contributed by atoms with Crippen molar-refractivity contribution >= 4 is 29.3 Å². The number of amides is 1. The van der Waals surface area contributed by atoms with Crippen LogP contribution in [-0.2, 0) is 31.4 Å². The lowest BCUT2D eigenvalue weighted by molar-refractivity contribution is -0.118. The lowest BCUT2D eigenvalue weighted by atomic mass is 10.2. The van der Waals surface area contributed by atoms with Gasteiger partial charge in [0, 0.05) is 43.5 Å². The predicted molar refractivity (Wildman–Crippen MR) is 108 cm³/mol. The number of hydrogen-bond donors (Lipinski definition) is 1. The van der Waals surface area contributed by atoms with Crippen LogP contribution in [0.5, 0.6) is 0 Å². The third-order valence-electron chi connectivity index (χ3n) is 4.24. The molecule has 1 aromatic carbocycles. The summed E-state index contributed by atoms with van der Waals surface area (Å²) in [6.07, 6.45) is 2.73. The van der Waals surface area contributed by atoms with Crippen LogP contribution < -0.4 is 5.32 Å². The van der Waals surface area contributed by atoms with Crippen LogP contribution >= 0.6 is 23.4 Å². The zero-order valence-corrected chi connectivity index (χ0v) is 16.9. The molecule has 0 radical (unpaired) electrons. The van der Waals surface area contributed by atoms with Gasteiger partial charge in [-0.05, 0) is 36.8 Å². The van der Waals surface area contributed by atoms with Gasteiger partial charge in [-0.1, -0.05) is 35.5 Å². The van der Waals surface area contributed by atoms with Crippen LogP contribution in [-0.4, -0.2) is 31.0 Å². The molecule has 0 aliphatic heterocycles. The standard InChI is InChI=1S/C19H22ClN5OS/c1-3-25-17(11-16-5-4-10-24(16)2)22-23-19(25)27-13-18(26)21-12-14-6-8-15(20)9-7-14/h4-10H,3,11-13H2,1-2H3,(H,21,26). The molecule has 0 aliphatic carbocycles. The topological polar surface area (TPSA) is 64.7 Å². The van der Waals surface area contributed by atoms with Crippen molar-refractivity contribution in [2.45, 2.75) is 31.6 Å². The number of thioether (sulfide) groups is 1. The highest BCUT2D eigenvalue weighted by Crippen LogP contribution is 2.19. The third-order valence-corrected chi connectivity index (χ3v) is 5.45. The van der Waals surface area contributed by atoms with Crippen molar-refractivity contribution in [2.75, 3.05) is 5.75 Å². The Hall–Kier alpha value is -2.25. The van der Waals surface area contributed by atoms with E-state index in [1.165, 1.54) is 17.5 Å². The van der Waals surface area contributed by atoms with Gasteiger partial charge in [-0.15, -0.1) is 10.2 Å². The summed E-state index contributed by atoms with van der Waals surface area (Å²) in [4.78, 5) is 12.1. The fourth-order valence-electron chi connectivity index (χ4n) is 2.70. The van der Waals surface area contributed by atoms with Crippen molar-refractivity contribution in [1.29, 1.82) is 0 Å². The molecular weight excluding hydrogens is 382 g/mol. The van der Waals surface area contributed by atoms with Crippen molar-refractivity contribution in [3.8, 4) is 0 Å². The highest BCUT2D eigenvalue weighted by Gasteiger charge is 2.14. The number of carbonyl (C=O) groups excluding carboxylic acids is 1. The molecule has 0 fully saturated rings. The number of rotatable bonds is 8. The van der Waals surface area contributed by atoms with Crippen molar-refractivity contribution in [3.63, 3.8) is 0 Å². The maximum absolute atomic E-state index is 12.1. The van der Waals surface area contributed by atoms with E-state index >= 15 is 0 Å². The maximum Gasteiger partial charge on any atom is 0.230 e. The first-order chi connectivity index (χ1) is 13.1. The minimum Gasteiger partial charge on any atom is -0.354 e. The molecule has 0 saturated carbocycles. The molecule has 0 spiro atoms. The number of aromatic nitrogens is 4. The van der Waals surface area contributed by atoms with Crippen molar-refractivity contribution < 1.29 is 4.79 Å². The average Bonchev–Trinajstić information content (AvgIpc) is 3.25. The second-order valence-electron chi connectivity index (χ2n) is 6.12. The number of nitrogens with one attached hydrogen (secondary N) is 1. The molecule has 27 heavy (non-hydrogen) atoms. The molecule has 0 unspecified atom stereocenters. The Morgan fingerprint density at radius 3 is 2.67 bits per heavy atom. The van der Waals surface area contributed by atoms with E-state index in [4.69, 9.17) is 11.6 Å². The average molecular weight is 404 g/mol. The van der Waals surface area contributed by atoms with Gasteiger partial charge in [0.05, 0.1) is 5.75 Å². The molecule has 0 atom stereocenters. The molecule has 3 rings (SSSR count).